The molecule has 0 radical (unpaired) electrons. The summed E-state index contributed by atoms with van der Waals surface area (Å²) >= 11 is 0. The maximum absolute atomic E-state index is 12.4. The van der Waals surface area contributed by atoms with Crippen molar-refractivity contribution >= 4 is 17.1 Å². The highest BCUT2D eigenvalue weighted by molar-refractivity contribution is 5.73. The number of aromatic amines is 1. The van der Waals surface area contributed by atoms with Crippen molar-refractivity contribution in [2.45, 2.75) is 32.2 Å². The number of rotatable bonds is 4. The number of hydrogen-bond acceptors (Lipinski definition) is 5. The van der Waals surface area contributed by atoms with Crippen molar-refractivity contribution in [3.05, 3.63) is 20.8 Å². The van der Waals surface area contributed by atoms with Crippen LogP contribution in [-0.4, -0.2) is 43.9 Å². The lowest BCUT2D eigenvalue weighted by atomic mass is 10.1. The van der Waals surface area contributed by atoms with Crippen molar-refractivity contribution in [2.24, 2.45) is 7.05 Å². The van der Waals surface area contributed by atoms with Crippen LogP contribution in [0.5, 0.6) is 0 Å². The number of nitrogens with one attached hydrogen (secondary N) is 1. The van der Waals surface area contributed by atoms with E-state index in [2.05, 4.69) is 14.9 Å². The van der Waals surface area contributed by atoms with Gasteiger partial charge in [-0.1, -0.05) is 0 Å². The second-order valence-electron chi connectivity index (χ2n) is 5.68. The SMILES string of the molecule is Cn1c(=O)[nH]c2nc(N3CCCCC3)n(CCCO)c2c1=O. The van der Waals surface area contributed by atoms with E-state index in [9.17, 15) is 9.59 Å². The standard InChI is InChI=1S/C14H21N5O3/c1-17-12(21)10-11(16-14(17)22)15-13(19(10)8-5-9-20)18-6-3-2-4-7-18/h20H,2-9H2,1H3,(H,16,22). The zero-order valence-electron chi connectivity index (χ0n) is 12.7. The van der Waals surface area contributed by atoms with Gasteiger partial charge in [-0.15, -0.1) is 0 Å². The molecule has 2 N–H and O–H groups in total. The molecule has 120 valence electrons. The van der Waals surface area contributed by atoms with Crippen molar-refractivity contribution < 1.29 is 5.11 Å². The molecular weight excluding hydrogens is 286 g/mol. The Morgan fingerprint density at radius 3 is 2.64 bits per heavy atom. The summed E-state index contributed by atoms with van der Waals surface area (Å²) < 4.78 is 2.88. The summed E-state index contributed by atoms with van der Waals surface area (Å²) in [5, 5.41) is 9.12. The van der Waals surface area contributed by atoms with Crippen LogP contribution in [0.25, 0.3) is 11.2 Å². The Labute approximate surface area is 127 Å². The molecule has 1 fully saturated rings. The first-order valence-corrected chi connectivity index (χ1v) is 7.69. The molecule has 8 nitrogen and oxygen atoms in total. The van der Waals surface area contributed by atoms with Crippen molar-refractivity contribution in [1.29, 1.82) is 0 Å². The number of aliphatic hydroxyl groups is 1. The Hall–Kier alpha value is -2.09. The predicted octanol–water partition coefficient (Wildman–Crippen LogP) is -0.204. The number of fused-ring (bicyclic) bond motifs is 1. The van der Waals surface area contributed by atoms with Crippen molar-refractivity contribution in [2.75, 3.05) is 24.6 Å². The Kier molecular flexibility index (Phi) is 4.02. The first-order chi connectivity index (χ1) is 10.6. The van der Waals surface area contributed by atoms with Gasteiger partial charge in [0.2, 0.25) is 5.95 Å². The summed E-state index contributed by atoms with van der Waals surface area (Å²) in [5.41, 5.74) is -0.0929. The lowest BCUT2D eigenvalue weighted by molar-refractivity contribution is 0.280. The van der Waals surface area contributed by atoms with E-state index in [0.29, 0.717) is 30.1 Å². The minimum absolute atomic E-state index is 0.0444. The third-order valence-corrected chi connectivity index (χ3v) is 4.16. The van der Waals surface area contributed by atoms with Gasteiger partial charge in [0.25, 0.3) is 5.56 Å². The van der Waals surface area contributed by atoms with Crippen LogP contribution in [0.1, 0.15) is 25.7 Å². The Morgan fingerprint density at radius 1 is 1.23 bits per heavy atom. The van der Waals surface area contributed by atoms with E-state index in [0.717, 1.165) is 30.5 Å². The van der Waals surface area contributed by atoms with Crippen LogP contribution < -0.4 is 16.1 Å². The van der Waals surface area contributed by atoms with Crippen LogP contribution in [0.3, 0.4) is 0 Å². The molecule has 0 spiro atoms. The number of piperidine rings is 1. The summed E-state index contributed by atoms with van der Waals surface area (Å²) in [4.78, 5) is 33.5. The number of nitrogens with zero attached hydrogens (tertiary/aromatic N) is 4. The molecule has 0 bridgehead atoms. The third-order valence-electron chi connectivity index (χ3n) is 4.16. The topological polar surface area (TPSA) is 96.2 Å². The average molecular weight is 307 g/mol. The Morgan fingerprint density at radius 2 is 1.95 bits per heavy atom. The molecular formula is C14H21N5O3. The molecule has 2 aromatic rings. The molecule has 0 aromatic carbocycles. The minimum atomic E-state index is -0.463. The first kappa shape index (κ1) is 14.8. The molecule has 3 heterocycles. The van der Waals surface area contributed by atoms with Crippen molar-refractivity contribution in [3.63, 3.8) is 0 Å². The monoisotopic (exact) mass is 307 g/mol. The molecule has 3 rings (SSSR count). The second kappa shape index (κ2) is 5.96. The first-order valence-electron chi connectivity index (χ1n) is 7.69. The minimum Gasteiger partial charge on any atom is -0.396 e. The lowest BCUT2D eigenvalue weighted by Gasteiger charge is -2.28. The van der Waals surface area contributed by atoms with E-state index in [1.165, 1.54) is 13.5 Å². The van der Waals surface area contributed by atoms with Gasteiger partial charge in [0, 0.05) is 33.3 Å². The van der Waals surface area contributed by atoms with E-state index in [-0.39, 0.29) is 12.2 Å². The third kappa shape index (κ3) is 2.43. The van der Waals surface area contributed by atoms with Gasteiger partial charge in [-0.2, -0.15) is 4.98 Å². The normalized spacial score (nSPS) is 15.6. The molecule has 2 aromatic heterocycles. The summed E-state index contributed by atoms with van der Waals surface area (Å²) in [6.07, 6.45) is 3.93. The number of hydrogen-bond donors (Lipinski definition) is 2. The summed E-state index contributed by atoms with van der Waals surface area (Å²) in [5.74, 6) is 0.710. The highest BCUT2D eigenvalue weighted by atomic mass is 16.3. The molecule has 0 unspecified atom stereocenters. The van der Waals surface area contributed by atoms with Crippen LogP contribution in [0.4, 0.5) is 5.95 Å². The van der Waals surface area contributed by atoms with Crippen LogP contribution in [-0.2, 0) is 13.6 Å². The maximum atomic E-state index is 12.4. The van der Waals surface area contributed by atoms with Crippen LogP contribution in [0, 0.1) is 0 Å². The van der Waals surface area contributed by atoms with E-state index in [4.69, 9.17) is 5.11 Å². The number of H-pyrrole nitrogens is 1. The quantitative estimate of drug-likeness (QED) is 0.815. The van der Waals surface area contributed by atoms with Crippen molar-refractivity contribution in [1.82, 2.24) is 19.1 Å². The zero-order valence-corrected chi connectivity index (χ0v) is 12.7. The fourth-order valence-electron chi connectivity index (χ4n) is 2.96. The number of imidazole rings is 1. The van der Waals surface area contributed by atoms with E-state index in [1.807, 2.05) is 4.57 Å². The van der Waals surface area contributed by atoms with Gasteiger partial charge in [0.1, 0.15) is 0 Å². The fourth-order valence-corrected chi connectivity index (χ4v) is 2.96. The molecule has 22 heavy (non-hydrogen) atoms. The van der Waals surface area contributed by atoms with Gasteiger partial charge in [-0.3, -0.25) is 14.3 Å². The fraction of sp³-hybridized carbons (Fsp3) is 0.643. The largest absolute Gasteiger partial charge is 0.396 e. The molecule has 0 atom stereocenters. The molecule has 1 aliphatic rings. The predicted molar refractivity (Wildman–Crippen MR) is 83.4 cm³/mol. The maximum Gasteiger partial charge on any atom is 0.329 e. The second-order valence-corrected chi connectivity index (χ2v) is 5.68. The Balaban J connectivity index is 2.19. The summed E-state index contributed by atoms with van der Waals surface area (Å²) in [6.45, 7) is 2.34. The van der Waals surface area contributed by atoms with Crippen LogP contribution >= 0.6 is 0 Å². The van der Waals surface area contributed by atoms with Gasteiger partial charge >= 0.3 is 5.69 Å². The summed E-state index contributed by atoms with van der Waals surface area (Å²) in [7, 11) is 1.45. The van der Waals surface area contributed by atoms with Gasteiger partial charge in [-0.05, 0) is 25.7 Å². The van der Waals surface area contributed by atoms with Crippen molar-refractivity contribution in [3.8, 4) is 0 Å². The lowest BCUT2D eigenvalue weighted by Crippen LogP contribution is -2.34. The molecule has 0 aliphatic carbocycles. The van der Waals surface area contributed by atoms with Crippen LogP contribution in [0.2, 0.25) is 0 Å². The highest BCUT2D eigenvalue weighted by Gasteiger charge is 2.22. The molecule has 0 saturated carbocycles. The van der Waals surface area contributed by atoms with E-state index >= 15 is 0 Å². The molecule has 1 aliphatic heterocycles. The van der Waals surface area contributed by atoms with E-state index in [1.54, 1.807) is 0 Å². The summed E-state index contributed by atoms with van der Waals surface area (Å²) in [6, 6.07) is 0. The van der Waals surface area contributed by atoms with Gasteiger partial charge in [0.15, 0.2) is 11.2 Å². The number of aromatic nitrogens is 4. The zero-order chi connectivity index (χ0) is 15.7. The smallest absolute Gasteiger partial charge is 0.329 e. The highest BCUT2D eigenvalue weighted by Crippen LogP contribution is 2.22. The van der Waals surface area contributed by atoms with Gasteiger partial charge < -0.3 is 14.6 Å². The van der Waals surface area contributed by atoms with E-state index < -0.39 is 5.69 Å². The van der Waals surface area contributed by atoms with Crippen LogP contribution in [0.15, 0.2) is 9.59 Å². The number of anilines is 1. The molecule has 1 saturated heterocycles. The number of aryl methyl sites for hydroxylation is 1. The molecule has 8 heteroatoms. The Bertz CT molecular complexity index is 782. The average Bonchev–Trinajstić information content (AvgIpc) is 2.90. The molecule has 0 amide bonds. The number of aliphatic hydroxyl groups excluding tert-OH is 1. The van der Waals surface area contributed by atoms with Gasteiger partial charge in [0.05, 0.1) is 0 Å². The van der Waals surface area contributed by atoms with Gasteiger partial charge in [-0.25, -0.2) is 4.79 Å².